The molecule has 0 aromatic carbocycles. The zero-order valence-corrected chi connectivity index (χ0v) is 6.05. The normalized spacial score (nSPS) is 9.12. The van der Waals surface area contributed by atoms with Gasteiger partial charge in [-0.3, -0.25) is 0 Å². The summed E-state index contributed by atoms with van der Waals surface area (Å²) in [6.45, 7) is 0. The first-order valence-corrected chi connectivity index (χ1v) is 3.08. The Morgan fingerprint density at radius 3 is 2.75 bits per heavy atom. The highest BCUT2D eigenvalue weighted by atomic mass is 127. The molecule has 42 valence electrons. The predicted molar refractivity (Wildman–Crippen MR) is 39.0 cm³/mol. The summed E-state index contributed by atoms with van der Waals surface area (Å²) in [6, 6.07) is 1.79. The number of aromatic nitrogens is 1. The van der Waals surface area contributed by atoms with E-state index in [1.807, 2.05) is 22.6 Å². The summed E-state index contributed by atoms with van der Waals surface area (Å²) in [5.41, 5.74) is 0. The number of nitrogens with one attached hydrogen (secondary N) is 1. The van der Waals surface area contributed by atoms with Crippen LogP contribution in [0, 0.1) is 8.48 Å². The molecule has 4 heteroatoms. The first-order chi connectivity index (χ1) is 3.84. The lowest BCUT2D eigenvalue weighted by Crippen LogP contribution is -1.59. The molecule has 1 aromatic rings. The third-order valence-electron chi connectivity index (χ3n) is 0.767. The minimum Gasteiger partial charge on any atom is -0.343 e. The van der Waals surface area contributed by atoms with Gasteiger partial charge in [-0.2, -0.15) is 0 Å². The Bertz CT molecular complexity index is 196. The van der Waals surface area contributed by atoms with Crippen molar-refractivity contribution >= 4 is 28.4 Å². The van der Waals surface area contributed by atoms with Gasteiger partial charge in [0, 0.05) is 6.20 Å². The van der Waals surface area contributed by atoms with Gasteiger partial charge in [-0.05, 0) is 33.8 Å². The second-order valence-electron chi connectivity index (χ2n) is 1.27. The smallest absolute Gasteiger partial charge is 0.188 e. The van der Waals surface area contributed by atoms with E-state index in [0.717, 1.165) is 3.57 Å². The van der Waals surface area contributed by atoms with Crippen molar-refractivity contribution in [2.75, 3.05) is 0 Å². The molecule has 0 saturated carbocycles. The van der Waals surface area contributed by atoms with Gasteiger partial charge in [-0.15, -0.1) is 4.91 Å². The van der Waals surface area contributed by atoms with Crippen molar-refractivity contribution in [2.45, 2.75) is 0 Å². The van der Waals surface area contributed by atoms with E-state index >= 15 is 0 Å². The zero-order chi connectivity index (χ0) is 5.98. The summed E-state index contributed by atoms with van der Waals surface area (Å²) in [4.78, 5) is 12.5. The number of hydrogen-bond donors (Lipinski definition) is 1. The molecule has 0 fully saturated rings. The fourth-order valence-electron chi connectivity index (χ4n) is 0.412. The van der Waals surface area contributed by atoms with Gasteiger partial charge < -0.3 is 4.98 Å². The molecule has 1 heterocycles. The van der Waals surface area contributed by atoms with Gasteiger partial charge in [0.2, 0.25) is 0 Å². The van der Waals surface area contributed by atoms with Crippen molar-refractivity contribution in [3.8, 4) is 0 Å². The van der Waals surface area contributed by atoms with Gasteiger partial charge in [0.1, 0.15) is 0 Å². The van der Waals surface area contributed by atoms with Gasteiger partial charge in [-0.1, -0.05) is 0 Å². The summed E-state index contributed by atoms with van der Waals surface area (Å²) in [6.07, 6.45) is 1.68. The van der Waals surface area contributed by atoms with Crippen LogP contribution in [0.3, 0.4) is 0 Å². The summed E-state index contributed by atoms with van der Waals surface area (Å²) in [5.74, 6) is 0.408. The number of nitrogens with zero attached hydrogens (tertiary/aromatic N) is 1. The summed E-state index contributed by atoms with van der Waals surface area (Å²) >= 11 is 2.03. The van der Waals surface area contributed by atoms with Crippen LogP contribution in [0.2, 0.25) is 0 Å². The van der Waals surface area contributed by atoms with Crippen LogP contribution in [0.15, 0.2) is 17.4 Å². The van der Waals surface area contributed by atoms with Crippen LogP contribution in [0.4, 0.5) is 5.82 Å². The summed E-state index contributed by atoms with van der Waals surface area (Å²) in [5, 5.41) is 2.72. The van der Waals surface area contributed by atoms with E-state index in [4.69, 9.17) is 0 Å². The van der Waals surface area contributed by atoms with Gasteiger partial charge >= 0.3 is 0 Å². The largest absolute Gasteiger partial charge is 0.343 e. The zero-order valence-electron chi connectivity index (χ0n) is 3.89. The van der Waals surface area contributed by atoms with E-state index in [2.05, 4.69) is 10.2 Å². The van der Waals surface area contributed by atoms with Crippen molar-refractivity contribution in [3.05, 3.63) is 20.7 Å². The summed E-state index contributed by atoms with van der Waals surface area (Å²) in [7, 11) is 0. The van der Waals surface area contributed by atoms with Gasteiger partial charge in [-0.25, -0.2) is 0 Å². The van der Waals surface area contributed by atoms with E-state index in [9.17, 15) is 4.91 Å². The van der Waals surface area contributed by atoms with Crippen LogP contribution in [0.25, 0.3) is 0 Å². The molecule has 0 aliphatic carbocycles. The Balaban J connectivity index is 3.09. The Morgan fingerprint density at radius 1 is 1.75 bits per heavy atom. The fraction of sp³-hybridized carbons (Fsp3) is 0. The molecular formula is C4H3IN2O. The molecule has 8 heavy (non-hydrogen) atoms. The molecule has 3 nitrogen and oxygen atoms in total. The van der Waals surface area contributed by atoms with E-state index in [1.165, 1.54) is 0 Å². The SMILES string of the molecule is O=Nc1[nH]ccc1I. The molecule has 0 spiro atoms. The third kappa shape index (κ3) is 0.885. The Hall–Kier alpha value is -0.390. The molecule has 0 unspecified atom stereocenters. The number of halogens is 1. The van der Waals surface area contributed by atoms with Gasteiger partial charge in [0.15, 0.2) is 5.82 Å². The quantitative estimate of drug-likeness (QED) is 0.573. The minimum absolute atomic E-state index is 0.408. The molecule has 0 amide bonds. The van der Waals surface area contributed by atoms with E-state index in [1.54, 1.807) is 12.3 Å². The lowest BCUT2D eigenvalue weighted by Gasteiger charge is -1.76. The topological polar surface area (TPSA) is 45.2 Å². The Kier molecular flexibility index (Phi) is 1.62. The first kappa shape index (κ1) is 5.74. The third-order valence-corrected chi connectivity index (χ3v) is 1.64. The number of nitroso groups, excluding NO2 is 1. The second kappa shape index (κ2) is 2.25. The highest BCUT2D eigenvalue weighted by Gasteiger charge is 1.95. The average Bonchev–Trinajstić information content (AvgIpc) is 2.14. The molecule has 0 aliphatic heterocycles. The number of aromatic amines is 1. The number of H-pyrrole nitrogens is 1. The van der Waals surface area contributed by atoms with E-state index in [0.29, 0.717) is 5.82 Å². The van der Waals surface area contributed by atoms with Crippen molar-refractivity contribution < 1.29 is 0 Å². The van der Waals surface area contributed by atoms with Crippen molar-refractivity contribution in [3.63, 3.8) is 0 Å². The standard InChI is InChI=1S/C4H3IN2O/c5-3-1-2-6-4(3)7-8/h1-2,6H. The van der Waals surface area contributed by atoms with E-state index < -0.39 is 0 Å². The molecule has 0 bridgehead atoms. The highest BCUT2D eigenvalue weighted by molar-refractivity contribution is 14.1. The molecule has 0 atom stereocenters. The summed E-state index contributed by atoms with van der Waals surface area (Å²) < 4.78 is 0.859. The molecule has 1 N–H and O–H groups in total. The molecular weight excluding hydrogens is 219 g/mol. The van der Waals surface area contributed by atoms with E-state index in [-0.39, 0.29) is 0 Å². The maximum Gasteiger partial charge on any atom is 0.188 e. The van der Waals surface area contributed by atoms with Crippen molar-refractivity contribution in [2.24, 2.45) is 5.18 Å². The van der Waals surface area contributed by atoms with Crippen LogP contribution in [0.5, 0.6) is 0 Å². The molecule has 0 aliphatic rings. The van der Waals surface area contributed by atoms with Crippen LogP contribution >= 0.6 is 22.6 Å². The maximum atomic E-state index is 9.80. The Morgan fingerprint density at radius 2 is 2.50 bits per heavy atom. The van der Waals surface area contributed by atoms with Gasteiger partial charge in [0.05, 0.1) is 3.57 Å². The van der Waals surface area contributed by atoms with Crippen LogP contribution in [0.1, 0.15) is 0 Å². The predicted octanol–water partition coefficient (Wildman–Crippen LogP) is 2.02. The lowest BCUT2D eigenvalue weighted by atomic mass is 10.6. The first-order valence-electron chi connectivity index (χ1n) is 2.01. The molecule has 1 rings (SSSR count). The van der Waals surface area contributed by atoms with Crippen LogP contribution < -0.4 is 0 Å². The van der Waals surface area contributed by atoms with Crippen LogP contribution in [-0.2, 0) is 0 Å². The molecule has 1 aromatic heterocycles. The van der Waals surface area contributed by atoms with Crippen molar-refractivity contribution in [1.82, 2.24) is 4.98 Å². The molecule has 0 saturated heterocycles. The van der Waals surface area contributed by atoms with Crippen molar-refractivity contribution in [1.29, 1.82) is 0 Å². The minimum atomic E-state index is 0.408. The molecule has 0 radical (unpaired) electrons. The average molecular weight is 222 g/mol. The highest BCUT2D eigenvalue weighted by Crippen LogP contribution is 2.16. The number of hydrogen-bond acceptors (Lipinski definition) is 2. The second-order valence-corrected chi connectivity index (χ2v) is 2.43. The number of rotatable bonds is 1. The fourth-order valence-corrected chi connectivity index (χ4v) is 0.846. The lowest BCUT2D eigenvalue weighted by molar-refractivity contribution is 1.32. The van der Waals surface area contributed by atoms with Gasteiger partial charge in [0.25, 0.3) is 0 Å². The van der Waals surface area contributed by atoms with Crippen LogP contribution in [-0.4, -0.2) is 4.98 Å². The Labute approximate surface area is 59.6 Å². The maximum absolute atomic E-state index is 9.80. The monoisotopic (exact) mass is 222 g/mol.